The normalized spacial score (nSPS) is 12.3. The van der Waals surface area contributed by atoms with E-state index >= 15 is 0 Å². The van der Waals surface area contributed by atoms with Crippen molar-refractivity contribution in [3.05, 3.63) is 64.1 Å². The van der Waals surface area contributed by atoms with E-state index in [1.165, 1.54) is 6.07 Å². The van der Waals surface area contributed by atoms with Crippen LogP contribution in [-0.4, -0.2) is 14.8 Å². The van der Waals surface area contributed by atoms with E-state index in [9.17, 15) is 15.0 Å². The topological polar surface area (TPSA) is 62.5 Å². The summed E-state index contributed by atoms with van der Waals surface area (Å²) in [7, 11) is 0. The number of pyridine rings is 1. The molecule has 2 rings (SSSR count). The second kappa shape index (κ2) is 5.06. The maximum Gasteiger partial charge on any atom is 0.223 e. The number of aryl methyl sites for hydroxylation is 1. The number of rotatable bonds is 3. The molecule has 0 saturated carbocycles. The van der Waals surface area contributed by atoms with E-state index in [4.69, 9.17) is 0 Å². The van der Waals surface area contributed by atoms with Crippen molar-refractivity contribution in [2.24, 2.45) is 0 Å². The molecule has 0 bridgehead atoms. The summed E-state index contributed by atoms with van der Waals surface area (Å²) in [5.41, 5.74) is 0.390. The van der Waals surface area contributed by atoms with Crippen molar-refractivity contribution in [3.63, 3.8) is 0 Å². The van der Waals surface area contributed by atoms with Crippen LogP contribution in [0.4, 0.5) is 0 Å². The van der Waals surface area contributed by atoms with Gasteiger partial charge in [-0.05, 0) is 12.5 Å². The van der Waals surface area contributed by atoms with Gasteiger partial charge in [-0.2, -0.15) is 0 Å². The summed E-state index contributed by atoms with van der Waals surface area (Å²) in [6, 6.07) is 10.2. The Labute approximate surface area is 105 Å². The quantitative estimate of drug-likeness (QED) is 0.864. The first-order chi connectivity index (χ1) is 8.65. The first-order valence-corrected chi connectivity index (χ1v) is 5.80. The summed E-state index contributed by atoms with van der Waals surface area (Å²) in [6.07, 6.45) is 0.559. The van der Waals surface area contributed by atoms with Gasteiger partial charge < -0.3 is 14.8 Å². The van der Waals surface area contributed by atoms with E-state index in [0.29, 0.717) is 12.1 Å². The smallest absolute Gasteiger partial charge is 0.223 e. The molecule has 2 N–H and O–H groups in total. The van der Waals surface area contributed by atoms with Crippen molar-refractivity contribution in [1.29, 1.82) is 0 Å². The van der Waals surface area contributed by atoms with Crippen molar-refractivity contribution < 1.29 is 10.2 Å². The monoisotopic (exact) mass is 245 g/mol. The Hall–Kier alpha value is -2.07. The highest BCUT2D eigenvalue weighted by Gasteiger charge is 2.19. The second-order valence-electron chi connectivity index (χ2n) is 4.01. The van der Waals surface area contributed by atoms with Crippen molar-refractivity contribution >= 4 is 0 Å². The molecule has 0 aliphatic heterocycles. The van der Waals surface area contributed by atoms with Crippen LogP contribution in [0.25, 0.3) is 0 Å². The van der Waals surface area contributed by atoms with Crippen LogP contribution in [-0.2, 0) is 6.54 Å². The summed E-state index contributed by atoms with van der Waals surface area (Å²) in [5.74, 6) is -0.393. The minimum atomic E-state index is -1.01. The van der Waals surface area contributed by atoms with Gasteiger partial charge in [0.25, 0.3) is 0 Å². The number of aliphatic hydroxyl groups excluding tert-OH is 1. The van der Waals surface area contributed by atoms with Gasteiger partial charge in [0.2, 0.25) is 5.43 Å². The molecule has 0 radical (unpaired) electrons. The molecule has 18 heavy (non-hydrogen) atoms. The van der Waals surface area contributed by atoms with Crippen LogP contribution in [0.3, 0.4) is 0 Å². The largest absolute Gasteiger partial charge is 0.503 e. The number of aromatic nitrogens is 1. The van der Waals surface area contributed by atoms with E-state index in [1.807, 2.05) is 13.0 Å². The van der Waals surface area contributed by atoms with Gasteiger partial charge in [0.15, 0.2) is 5.75 Å². The molecule has 1 unspecified atom stereocenters. The maximum absolute atomic E-state index is 11.5. The van der Waals surface area contributed by atoms with Gasteiger partial charge >= 0.3 is 0 Å². The van der Waals surface area contributed by atoms with Crippen LogP contribution in [0.1, 0.15) is 24.3 Å². The van der Waals surface area contributed by atoms with Crippen molar-refractivity contribution in [2.45, 2.75) is 19.6 Å². The minimum absolute atomic E-state index is 0.233. The third-order valence-electron chi connectivity index (χ3n) is 2.91. The molecular weight excluding hydrogens is 230 g/mol. The zero-order chi connectivity index (χ0) is 13.1. The van der Waals surface area contributed by atoms with Crippen LogP contribution in [0.15, 0.2) is 47.4 Å². The molecule has 0 saturated heterocycles. The lowest BCUT2D eigenvalue weighted by Crippen LogP contribution is -2.16. The van der Waals surface area contributed by atoms with E-state index in [2.05, 4.69) is 0 Å². The SMILES string of the molecule is CCn1ccc(=O)c(O)c1C(O)c1ccccc1. The molecule has 0 aliphatic carbocycles. The number of hydrogen-bond donors (Lipinski definition) is 2. The molecular formula is C14H15NO3. The fraction of sp³-hybridized carbons (Fsp3) is 0.214. The Kier molecular flexibility index (Phi) is 3.48. The number of aliphatic hydroxyl groups is 1. The average Bonchev–Trinajstić information content (AvgIpc) is 2.42. The minimum Gasteiger partial charge on any atom is -0.503 e. The molecule has 1 atom stereocenters. The average molecular weight is 245 g/mol. The van der Waals surface area contributed by atoms with Crippen molar-refractivity contribution in [1.82, 2.24) is 4.57 Å². The third-order valence-corrected chi connectivity index (χ3v) is 2.91. The lowest BCUT2D eigenvalue weighted by Gasteiger charge is -2.18. The van der Waals surface area contributed by atoms with Crippen LogP contribution < -0.4 is 5.43 Å². The zero-order valence-electron chi connectivity index (χ0n) is 10.1. The first-order valence-electron chi connectivity index (χ1n) is 5.80. The third kappa shape index (κ3) is 2.15. The molecule has 1 heterocycles. The summed E-state index contributed by atoms with van der Waals surface area (Å²) in [4.78, 5) is 11.5. The molecule has 1 aromatic carbocycles. The van der Waals surface area contributed by atoms with E-state index in [-0.39, 0.29) is 5.69 Å². The lowest BCUT2D eigenvalue weighted by atomic mass is 10.0. The van der Waals surface area contributed by atoms with Gasteiger partial charge in [-0.1, -0.05) is 30.3 Å². The van der Waals surface area contributed by atoms with Crippen LogP contribution in [0.5, 0.6) is 5.75 Å². The van der Waals surface area contributed by atoms with Gasteiger partial charge in [0.1, 0.15) is 6.10 Å². The van der Waals surface area contributed by atoms with Crippen LogP contribution >= 0.6 is 0 Å². The van der Waals surface area contributed by atoms with Gasteiger partial charge in [0, 0.05) is 18.8 Å². The number of nitrogens with zero attached hydrogens (tertiary/aromatic N) is 1. The Balaban J connectivity index is 2.57. The Morgan fingerprint density at radius 1 is 1.22 bits per heavy atom. The summed E-state index contributed by atoms with van der Waals surface area (Å²) in [5, 5.41) is 20.1. The Morgan fingerprint density at radius 2 is 1.89 bits per heavy atom. The molecule has 4 nitrogen and oxygen atoms in total. The van der Waals surface area contributed by atoms with Crippen molar-refractivity contribution in [3.8, 4) is 5.75 Å². The highest BCUT2D eigenvalue weighted by Crippen LogP contribution is 2.26. The molecule has 0 spiro atoms. The number of aromatic hydroxyl groups is 1. The fourth-order valence-electron chi connectivity index (χ4n) is 1.93. The fourth-order valence-corrected chi connectivity index (χ4v) is 1.93. The van der Waals surface area contributed by atoms with Crippen LogP contribution in [0.2, 0.25) is 0 Å². The molecule has 94 valence electrons. The first kappa shape index (κ1) is 12.4. The molecule has 0 fully saturated rings. The van der Waals surface area contributed by atoms with Gasteiger partial charge in [-0.15, -0.1) is 0 Å². The number of benzene rings is 1. The number of hydrogen-bond acceptors (Lipinski definition) is 3. The summed E-state index contributed by atoms with van der Waals surface area (Å²) >= 11 is 0. The van der Waals surface area contributed by atoms with Gasteiger partial charge in [-0.25, -0.2) is 0 Å². The molecule has 0 amide bonds. The predicted molar refractivity (Wildman–Crippen MR) is 68.5 cm³/mol. The highest BCUT2D eigenvalue weighted by atomic mass is 16.3. The molecule has 4 heteroatoms. The highest BCUT2D eigenvalue weighted by molar-refractivity contribution is 5.35. The molecule has 2 aromatic rings. The Morgan fingerprint density at radius 3 is 2.50 bits per heavy atom. The summed E-state index contributed by atoms with van der Waals surface area (Å²) in [6.45, 7) is 2.44. The Bertz CT molecular complexity index is 590. The standard InChI is InChI=1S/C14H15NO3/c1-2-15-9-8-11(16)14(18)12(15)13(17)10-6-4-3-5-7-10/h3-9,13,17-18H,2H2,1H3. The zero-order valence-corrected chi connectivity index (χ0v) is 10.1. The van der Waals surface area contributed by atoms with Crippen LogP contribution in [0, 0.1) is 0 Å². The summed E-state index contributed by atoms with van der Waals surface area (Å²) < 4.78 is 1.66. The van der Waals surface area contributed by atoms with Gasteiger partial charge in [-0.3, -0.25) is 4.79 Å². The molecule has 0 aliphatic rings. The second-order valence-corrected chi connectivity index (χ2v) is 4.01. The van der Waals surface area contributed by atoms with Crippen molar-refractivity contribution in [2.75, 3.05) is 0 Å². The lowest BCUT2D eigenvalue weighted by molar-refractivity contribution is 0.203. The van der Waals surface area contributed by atoms with Gasteiger partial charge in [0.05, 0.1) is 5.69 Å². The molecule has 1 aromatic heterocycles. The van der Waals surface area contributed by atoms with E-state index in [0.717, 1.165) is 0 Å². The van der Waals surface area contributed by atoms with E-state index in [1.54, 1.807) is 35.0 Å². The predicted octanol–water partition coefficient (Wildman–Crippen LogP) is 1.66. The van der Waals surface area contributed by atoms with E-state index < -0.39 is 17.3 Å². The maximum atomic E-state index is 11.5.